The average molecular weight is 384 g/mol. The van der Waals surface area contributed by atoms with Crippen LogP contribution < -0.4 is 5.32 Å². The molecule has 1 fully saturated rings. The zero-order valence-corrected chi connectivity index (χ0v) is 14.6. The number of nitrogens with one attached hydrogen (secondary N) is 1. The standard InChI is InChI=1S/C15H15F3N6OS/c1-8-4-10(24-12(20-8)5-11(22-24)15(16,17)18)13(25)21-9-6-23(7-9)14-19-2-3-26-14/h4-5,9H,2-3,6-7H2,1H3,(H,21,25). The molecule has 1 N–H and O–H groups in total. The van der Waals surface area contributed by atoms with Crippen molar-refractivity contribution in [3.05, 3.63) is 29.2 Å². The fourth-order valence-electron chi connectivity index (χ4n) is 2.90. The first-order chi connectivity index (χ1) is 12.3. The predicted octanol–water partition coefficient (Wildman–Crippen LogP) is 1.57. The van der Waals surface area contributed by atoms with Gasteiger partial charge in [-0.25, -0.2) is 9.50 Å². The van der Waals surface area contributed by atoms with Gasteiger partial charge in [0.05, 0.1) is 12.6 Å². The molecule has 4 rings (SSSR count). The number of likely N-dealkylation sites (tertiary alicyclic amines) is 1. The molecule has 26 heavy (non-hydrogen) atoms. The third-order valence-electron chi connectivity index (χ3n) is 4.14. The van der Waals surface area contributed by atoms with Crippen molar-refractivity contribution in [3.63, 3.8) is 0 Å². The molecule has 2 aromatic heterocycles. The average Bonchev–Trinajstić information content (AvgIpc) is 3.17. The van der Waals surface area contributed by atoms with Crippen LogP contribution in [0.4, 0.5) is 13.2 Å². The summed E-state index contributed by atoms with van der Waals surface area (Å²) in [7, 11) is 0. The Kier molecular flexibility index (Phi) is 4.05. The molecule has 0 saturated carbocycles. The van der Waals surface area contributed by atoms with Crippen LogP contribution in [0.25, 0.3) is 5.65 Å². The number of aryl methyl sites for hydroxylation is 1. The fourth-order valence-corrected chi connectivity index (χ4v) is 3.78. The Balaban J connectivity index is 1.52. The first kappa shape index (κ1) is 17.1. The minimum Gasteiger partial charge on any atom is -0.347 e. The van der Waals surface area contributed by atoms with E-state index >= 15 is 0 Å². The molecule has 0 bridgehead atoms. The summed E-state index contributed by atoms with van der Waals surface area (Å²) in [4.78, 5) is 23.0. The van der Waals surface area contributed by atoms with Crippen molar-refractivity contribution in [3.8, 4) is 0 Å². The van der Waals surface area contributed by atoms with Crippen LogP contribution in [0.15, 0.2) is 17.1 Å². The van der Waals surface area contributed by atoms with Gasteiger partial charge in [-0.3, -0.25) is 9.79 Å². The second-order valence-electron chi connectivity index (χ2n) is 6.17. The zero-order chi connectivity index (χ0) is 18.5. The largest absolute Gasteiger partial charge is 0.435 e. The molecule has 1 saturated heterocycles. The molecular formula is C15H15F3N6OS. The van der Waals surface area contributed by atoms with E-state index < -0.39 is 17.8 Å². The number of hydrogen-bond acceptors (Lipinski definition) is 6. The van der Waals surface area contributed by atoms with Crippen molar-refractivity contribution < 1.29 is 18.0 Å². The summed E-state index contributed by atoms with van der Waals surface area (Å²) in [5.41, 5.74) is -0.595. The van der Waals surface area contributed by atoms with Crippen molar-refractivity contribution in [1.29, 1.82) is 0 Å². The Labute approximate surface area is 150 Å². The van der Waals surface area contributed by atoms with Gasteiger partial charge in [0.2, 0.25) is 0 Å². The molecule has 1 amide bonds. The fraction of sp³-hybridized carbons (Fsp3) is 0.467. The van der Waals surface area contributed by atoms with Gasteiger partial charge in [0.25, 0.3) is 5.91 Å². The third-order valence-corrected chi connectivity index (χ3v) is 5.17. The molecule has 7 nitrogen and oxygen atoms in total. The molecule has 0 unspecified atom stereocenters. The van der Waals surface area contributed by atoms with Crippen LogP contribution in [0.5, 0.6) is 0 Å². The van der Waals surface area contributed by atoms with Crippen molar-refractivity contribution in [1.82, 2.24) is 24.8 Å². The van der Waals surface area contributed by atoms with E-state index in [9.17, 15) is 18.0 Å². The number of aliphatic imine (C=N–C) groups is 1. The molecule has 4 heterocycles. The molecule has 2 aliphatic rings. The lowest BCUT2D eigenvalue weighted by Crippen LogP contribution is -2.60. The number of fused-ring (bicyclic) bond motifs is 1. The quantitative estimate of drug-likeness (QED) is 0.851. The highest BCUT2D eigenvalue weighted by molar-refractivity contribution is 8.14. The first-order valence-electron chi connectivity index (χ1n) is 7.99. The number of carbonyl (C=O) groups excluding carboxylic acids is 1. The Morgan fingerprint density at radius 2 is 2.12 bits per heavy atom. The number of rotatable bonds is 2. The van der Waals surface area contributed by atoms with Gasteiger partial charge in [-0.2, -0.15) is 18.3 Å². The van der Waals surface area contributed by atoms with Gasteiger partial charge in [0.15, 0.2) is 16.5 Å². The highest BCUT2D eigenvalue weighted by Crippen LogP contribution is 2.29. The second kappa shape index (κ2) is 6.15. The van der Waals surface area contributed by atoms with Gasteiger partial charge in [-0.05, 0) is 13.0 Å². The van der Waals surface area contributed by atoms with Gasteiger partial charge in [-0.15, -0.1) is 0 Å². The number of halogens is 3. The van der Waals surface area contributed by atoms with Crippen LogP contribution >= 0.6 is 11.8 Å². The number of amides is 1. The molecular weight excluding hydrogens is 369 g/mol. The Hall–Kier alpha value is -2.30. The van der Waals surface area contributed by atoms with E-state index in [0.29, 0.717) is 18.8 Å². The molecule has 0 atom stereocenters. The summed E-state index contributed by atoms with van der Waals surface area (Å²) >= 11 is 1.69. The summed E-state index contributed by atoms with van der Waals surface area (Å²) in [5, 5.41) is 7.34. The molecule has 0 aliphatic carbocycles. The van der Waals surface area contributed by atoms with E-state index in [1.54, 1.807) is 18.7 Å². The number of thioether (sulfide) groups is 1. The number of alkyl halides is 3. The molecule has 2 aromatic rings. The monoisotopic (exact) mass is 384 g/mol. The van der Waals surface area contributed by atoms with Gasteiger partial charge in [-0.1, -0.05) is 11.8 Å². The summed E-state index contributed by atoms with van der Waals surface area (Å²) in [6.45, 7) is 3.70. The highest BCUT2D eigenvalue weighted by Gasteiger charge is 2.36. The Morgan fingerprint density at radius 3 is 2.77 bits per heavy atom. The minimum absolute atomic E-state index is 0.00516. The van der Waals surface area contributed by atoms with Crippen LogP contribution in [-0.2, 0) is 6.18 Å². The highest BCUT2D eigenvalue weighted by atomic mass is 32.2. The van der Waals surface area contributed by atoms with Crippen molar-refractivity contribution in [2.24, 2.45) is 4.99 Å². The van der Waals surface area contributed by atoms with E-state index in [-0.39, 0.29) is 17.4 Å². The third kappa shape index (κ3) is 3.11. The van der Waals surface area contributed by atoms with E-state index in [0.717, 1.165) is 28.0 Å². The van der Waals surface area contributed by atoms with E-state index in [1.165, 1.54) is 6.07 Å². The topological polar surface area (TPSA) is 74.9 Å². The number of aromatic nitrogens is 3. The maximum absolute atomic E-state index is 12.9. The first-order valence-corrected chi connectivity index (χ1v) is 8.97. The smallest absolute Gasteiger partial charge is 0.347 e. The summed E-state index contributed by atoms with van der Waals surface area (Å²) < 4.78 is 39.6. The molecule has 0 radical (unpaired) electrons. The number of amidine groups is 1. The SMILES string of the molecule is Cc1cc(C(=O)NC2CN(C3=NCCS3)C2)n2nc(C(F)(F)F)cc2n1. The van der Waals surface area contributed by atoms with Crippen LogP contribution in [0, 0.1) is 6.92 Å². The summed E-state index contributed by atoms with van der Waals surface area (Å²) in [6.07, 6.45) is -4.59. The Bertz CT molecular complexity index is 903. The van der Waals surface area contributed by atoms with Crippen LogP contribution in [0.1, 0.15) is 21.9 Å². The predicted molar refractivity (Wildman–Crippen MR) is 90.3 cm³/mol. The lowest BCUT2D eigenvalue weighted by molar-refractivity contribution is -0.141. The van der Waals surface area contributed by atoms with Crippen LogP contribution in [-0.4, -0.2) is 62.0 Å². The zero-order valence-electron chi connectivity index (χ0n) is 13.7. The number of hydrogen-bond donors (Lipinski definition) is 1. The molecule has 11 heteroatoms. The molecule has 2 aliphatic heterocycles. The van der Waals surface area contributed by atoms with Crippen molar-refractivity contribution in [2.75, 3.05) is 25.4 Å². The van der Waals surface area contributed by atoms with Crippen molar-refractivity contribution >= 4 is 28.5 Å². The van der Waals surface area contributed by atoms with Crippen LogP contribution in [0.2, 0.25) is 0 Å². The molecule has 0 aromatic carbocycles. The molecule has 0 spiro atoms. The van der Waals surface area contributed by atoms with Gasteiger partial charge < -0.3 is 10.2 Å². The van der Waals surface area contributed by atoms with E-state index in [2.05, 4.69) is 25.3 Å². The Morgan fingerprint density at radius 1 is 1.35 bits per heavy atom. The van der Waals surface area contributed by atoms with Gasteiger partial charge in [0.1, 0.15) is 5.69 Å². The van der Waals surface area contributed by atoms with Crippen molar-refractivity contribution in [2.45, 2.75) is 19.1 Å². The summed E-state index contributed by atoms with van der Waals surface area (Å²) in [6, 6.07) is 2.19. The maximum atomic E-state index is 12.9. The lowest BCUT2D eigenvalue weighted by atomic mass is 10.1. The lowest BCUT2D eigenvalue weighted by Gasteiger charge is -2.40. The van der Waals surface area contributed by atoms with Gasteiger partial charge >= 0.3 is 6.18 Å². The maximum Gasteiger partial charge on any atom is 0.435 e. The molecule has 138 valence electrons. The van der Waals surface area contributed by atoms with Crippen LogP contribution in [0.3, 0.4) is 0 Å². The van der Waals surface area contributed by atoms with E-state index in [4.69, 9.17) is 0 Å². The summed E-state index contributed by atoms with van der Waals surface area (Å²) in [5.74, 6) is 0.501. The normalized spacial score (nSPS) is 18.2. The minimum atomic E-state index is -4.59. The van der Waals surface area contributed by atoms with Gasteiger partial charge in [0, 0.05) is 30.6 Å². The number of carbonyl (C=O) groups is 1. The van der Waals surface area contributed by atoms with E-state index in [1.807, 2.05) is 0 Å². The number of nitrogens with zero attached hydrogens (tertiary/aromatic N) is 5. The second-order valence-corrected chi connectivity index (χ2v) is 7.23.